The van der Waals surface area contributed by atoms with Crippen LogP contribution in [-0.2, 0) is 11.1 Å². The van der Waals surface area contributed by atoms with Crippen molar-refractivity contribution in [1.29, 1.82) is 5.41 Å². The Labute approximate surface area is 155 Å². The van der Waals surface area contributed by atoms with Crippen LogP contribution in [0.4, 0.5) is 13.2 Å². The van der Waals surface area contributed by atoms with Gasteiger partial charge in [0, 0.05) is 45.9 Å². The molecular formula is C17H13F3N4O2S. The molecule has 2 N–H and O–H groups in total. The summed E-state index contributed by atoms with van der Waals surface area (Å²) in [6, 6.07) is 3.17. The first-order valence-electron chi connectivity index (χ1n) is 7.58. The molecule has 0 aliphatic rings. The Balaban J connectivity index is 2.17. The van der Waals surface area contributed by atoms with E-state index in [1.165, 1.54) is 31.6 Å². The van der Waals surface area contributed by atoms with Gasteiger partial charge in [-0.15, -0.1) is 11.3 Å². The van der Waals surface area contributed by atoms with Crippen molar-refractivity contribution in [2.24, 2.45) is 0 Å². The van der Waals surface area contributed by atoms with Crippen molar-refractivity contribution < 1.29 is 23.3 Å². The van der Waals surface area contributed by atoms with Crippen molar-refractivity contribution >= 4 is 17.2 Å². The van der Waals surface area contributed by atoms with Crippen LogP contribution in [0.3, 0.4) is 0 Å². The maximum Gasteiger partial charge on any atom is 0.434 e. The van der Waals surface area contributed by atoms with E-state index in [1.807, 2.05) is 0 Å². The van der Waals surface area contributed by atoms with E-state index in [2.05, 4.69) is 19.8 Å². The Kier molecular flexibility index (Phi) is 4.94. The summed E-state index contributed by atoms with van der Waals surface area (Å²) in [7, 11) is 0. The molecule has 0 aromatic carbocycles. The molecule has 10 heteroatoms. The van der Waals surface area contributed by atoms with Crippen molar-refractivity contribution in [2.75, 3.05) is 0 Å². The molecule has 0 fully saturated rings. The van der Waals surface area contributed by atoms with Crippen LogP contribution in [0.1, 0.15) is 21.8 Å². The molecule has 0 saturated carbocycles. The minimum atomic E-state index is -4.53. The normalized spacial score (nSPS) is 11.5. The van der Waals surface area contributed by atoms with Crippen molar-refractivity contribution in [1.82, 2.24) is 15.0 Å². The van der Waals surface area contributed by atoms with Gasteiger partial charge in [-0.1, -0.05) is 0 Å². The van der Waals surface area contributed by atoms with Crippen LogP contribution < -0.4 is 0 Å². The summed E-state index contributed by atoms with van der Waals surface area (Å²) in [5.41, 5.74) is 1.38. The number of rotatable bonds is 3. The molecule has 3 rings (SSSR count). The molecule has 0 atom stereocenters. The molecule has 0 aliphatic carbocycles. The summed E-state index contributed by atoms with van der Waals surface area (Å²) in [6.45, 7) is 3.10. The molecule has 3 aromatic rings. The Morgan fingerprint density at radius 3 is 2.52 bits per heavy atom. The smallest absolute Gasteiger partial charge is 0.319 e. The number of thiazole rings is 1. The molecular weight excluding hydrogens is 381 g/mol. The second-order valence-corrected chi connectivity index (χ2v) is 6.88. The zero-order valence-corrected chi connectivity index (χ0v) is 14.9. The van der Waals surface area contributed by atoms with E-state index >= 15 is 0 Å². The average Bonchev–Trinajstić information content (AvgIpc) is 3.03. The molecule has 0 aliphatic heterocycles. The predicted molar refractivity (Wildman–Crippen MR) is 93.6 cm³/mol. The van der Waals surface area contributed by atoms with Gasteiger partial charge < -0.3 is 4.89 Å². The third-order valence-corrected chi connectivity index (χ3v) is 4.74. The Bertz CT molecular complexity index is 1020. The number of hydrogen-bond donors (Lipinski definition) is 2. The molecule has 3 heterocycles. The minimum Gasteiger partial charge on any atom is -0.319 e. The first kappa shape index (κ1) is 18.9. The fourth-order valence-electron chi connectivity index (χ4n) is 2.51. The molecule has 27 heavy (non-hydrogen) atoms. The Morgan fingerprint density at radius 2 is 1.89 bits per heavy atom. The van der Waals surface area contributed by atoms with Gasteiger partial charge in [0.05, 0.1) is 5.56 Å². The maximum atomic E-state index is 13.1. The molecule has 0 bridgehead atoms. The average molecular weight is 394 g/mol. The number of hydrogen-bond acceptors (Lipinski definition) is 7. The molecule has 6 nitrogen and oxygen atoms in total. The fraction of sp³-hybridized carbons (Fsp3) is 0.176. The van der Waals surface area contributed by atoms with Gasteiger partial charge in [-0.3, -0.25) is 15.4 Å². The highest BCUT2D eigenvalue weighted by molar-refractivity contribution is 7.15. The van der Waals surface area contributed by atoms with Crippen molar-refractivity contribution in [3.8, 4) is 21.7 Å². The van der Waals surface area contributed by atoms with Gasteiger partial charge in [-0.05, 0) is 26.0 Å². The van der Waals surface area contributed by atoms with E-state index in [-0.39, 0.29) is 15.4 Å². The molecule has 0 saturated heterocycles. The summed E-state index contributed by atoms with van der Waals surface area (Å²) in [6.07, 6.45) is -0.220. The zero-order chi connectivity index (χ0) is 19.8. The van der Waals surface area contributed by atoms with Crippen molar-refractivity contribution in [3.05, 3.63) is 52.6 Å². The van der Waals surface area contributed by atoms with E-state index < -0.39 is 17.8 Å². The number of nitrogens with zero attached hydrogens (tertiary/aromatic N) is 3. The summed E-state index contributed by atoms with van der Waals surface area (Å²) in [5.74, 6) is -0.504. The zero-order valence-electron chi connectivity index (χ0n) is 14.1. The van der Waals surface area contributed by atoms with Crippen molar-refractivity contribution in [3.63, 3.8) is 0 Å². The van der Waals surface area contributed by atoms with Gasteiger partial charge in [0.1, 0.15) is 5.01 Å². The molecule has 0 amide bonds. The van der Waals surface area contributed by atoms with Crippen LogP contribution in [-0.4, -0.2) is 26.1 Å². The van der Waals surface area contributed by atoms with E-state index in [1.54, 1.807) is 13.0 Å². The van der Waals surface area contributed by atoms with Crippen LogP contribution in [0, 0.1) is 19.3 Å². The van der Waals surface area contributed by atoms with Crippen LogP contribution >= 0.6 is 11.3 Å². The lowest BCUT2D eigenvalue weighted by molar-refractivity contribution is -0.154. The Morgan fingerprint density at radius 1 is 1.15 bits per heavy atom. The molecule has 0 unspecified atom stereocenters. The van der Waals surface area contributed by atoms with E-state index in [0.29, 0.717) is 22.4 Å². The molecule has 0 spiro atoms. The topological polar surface area (TPSA) is 92.0 Å². The summed E-state index contributed by atoms with van der Waals surface area (Å²) in [4.78, 5) is 16.0. The van der Waals surface area contributed by atoms with Gasteiger partial charge in [-0.25, -0.2) is 10.2 Å². The lowest BCUT2D eigenvalue weighted by atomic mass is 10.0. The maximum absolute atomic E-state index is 13.1. The summed E-state index contributed by atoms with van der Waals surface area (Å²) >= 11 is 0.941. The number of aromatic nitrogens is 3. The van der Waals surface area contributed by atoms with E-state index in [0.717, 1.165) is 11.3 Å². The monoisotopic (exact) mass is 394 g/mol. The van der Waals surface area contributed by atoms with Crippen LogP contribution in [0.15, 0.2) is 30.7 Å². The fourth-order valence-corrected chi connectivity index (χ4v) is 3.47. The van der Waals surface area contributed by atoms with Crippen LogP contribution in [0.5, 0.6) is 0 Å². The number of nitrogens with one attached hydrogen (secondary N) is 1. The first-order valence-corrected chi connectivity index (χ1v) is 8.39. The third kappa shape index (κ3) is 3.81. The number of pyridine rings is 2. The van der Waals surface area contributed by atoms with E-state index in [9.17, 15) is 13.2 Å². The highest BCUT2D eigenvalue weighted by Gasteiger charge is 2.36. The summed E-state index contributed by atoms with van der Waals surface area (Å²) in [5, 5.41) is 16.4. The van der Waals surface area contributed by atoms with Gasteiger partial charge in [-0.2, -0.15) is 13.2 Å². The quantitative estimate of drug-likeness (QED) is 0.290. The highest BCUT2D eigenvalue weighted by Crippen LogP contribution is 2.40. The van der Waals surface area contributed by atoms with E-state index in [4.69, 9.17) is 10.7 Å². The van der Waals surface area contributed by atoms with Gasteiger partial charge in [0.25, 0.3) is 5.90 Å². The molecule has 140 valence electrons. The standard InChI is InChI=1S/C17H13F3N4O2S/c1-8-3-12(16-24-14(9(2)27-16)17(18,19)20)13(7-23-8)10-4-11(6-22-5-10)15(21)26-25/h3-7,21,25H,1-2H3. The second-order valence-electron chi connectivity index (χ2n) is 5.68. The van der Waals surface area contributed by atoms with Gasteiger partial charge >= 0.3 is 6.18 Å². The lowest BCUT2D eigenvalue weighted by Crippen LogP contribution is -2.07. The number of alkyl halides is 3. The van der Waals surface area contributed by atoms with Gasteiger partial charge in [0.15, 0.2) is 5.69 Å². The predicted octanol–water partition coefficient (Wildman–Crippen LogP) is 4.72. The number of aryl methyl sites for hydroxylation is 2. The lowest BCUT2D eigenvalue weighted by Gasteiger charge is -2.09. The summed E-state index contributed by atoms with van der Waals surface area (Å²) < 4.78 is 39.4. The minimum absolute atomic E-state index is 0.0697. The van der Waals surface area contributed by atoms with Gasteiger partial charge in [0.2, 0.25) is 0 Å². The molecule has 3 aromatic heterocycles. The first-order chi connectivity index (χ1) is 12.7. The Hall–Kier alpha value is -2.85. The largest absolute Gasteiger partial charge is 0.434 e. The SMILES string of the molecule is Cc1cc(-c2nc(C(F)(F)F)c(C)s2)c(-c2cncc(C(=N)OO)c2)cn1. The third-order valence-electron chi connectivity index (χ3n) is 3.74. The molecule has 0 radical (unpaired) electrons. The van der Waals surface area contributed by atoms with Crippen LogP contribution in [0.25, 0.3) is 21.7 Å². The highest BCUT2D eigenvalue weighted by atomic mass is 32.1. The number of halogens is 3. The van der Waals surface area contributed by atoms with Crippen LogP contribution in [0.2, 0.25) is 0 Å². The van der Waals surface area contributed by atoms with Crippen molar-refractivity contribution in [2.45, 2.75) is 20.0 Å². The second kappa shape index (κ2) is 7.05.